The number of amides is 1. The fraction of sp³-hybridized carbons (Fsp3) is 0.412. The highest BCUT2D eigenvalue weighted by molar-refractivity contribution is 5.77. The molecule has 0 aliphatic rings. The normalized spacial score (nSPS) is 15.0. The predicted octanol–water partition coefficient (Wildman–Crippen LogP) is 1.93. The number of hydrogen-bond donors (Lipinski definition) is 2. The summed E-state index contributed by atoms with van der Waals surface area (Å²) >= 11 is 0. The molecule has 0 bridgehead atoms. The van der Waals surface area contributed by atoms with Crippen LogP contribution in [0.2, 0.25) is 0 Å². The van der Waals surface area contributed by atoms with E-state index < -0.39 is 5.60 Å². The number of benzene rings is 1. The van der Waals surface area contributed by atoms with E-state index in [0.29, 0.717) is 12.5 Å². The topological polar surface area (TPSA) is 67.2 Å². The van der Waals surface area contributed by atoms with Gasteiger partial charge in [0, 0.05) is 25.5 Å². The van der Waals surface area contributed by atoms with Crippen molar-refractivity contribution in [1.82, 2.24) is 14.9 Å². The summed E-state index contributed by atoms with van der Waals surface area (Å²) in [5, 5.41) is 13.3. The van der Waals surface area contributed by atoms with Crippen LogP contribution in [0.5, 0.6) is 0 Å². The van der Waals surface area contributed by atoms with E-state index in [1.165, 1.54) is 0 Å². The van der Waals surface area contributed by atoms with Gasteiger partial charge in [-0.2, -0.15) is 0 Å². The average Bonchev–Trinajstić information content (AvgIpc) is 2.98. The molecule has 0 spiro atoms. The quantitative estimate of drug-likeness (QED) is 0.821. The molecule has 0 aliphatic carbocycles. The molecule has 2 N–H and O–H groups in total. The van der Waals surface area contributed by atoms with E-state index >= 15 is 0 Å². The zero-order chi connectivity index (χ0) is 16.0. The van der Waals surface area contributed by atoms with E-state index in [2.05, 4.69) is 17.2 Å². The van der Waals surface area contributed by atoms with Crippen molar-refractivity contribution in [3.8, 4) is 0 Å². The lowest BCUT2D eigenvalue weighted by molar-refractivity contribution is -0.126. The molecule has 0 saturated heterocycles. The van der Waals surface area contributed by atoms with Crippen LogP contribution in [-0.2, 0) is 16.9 Å². The molecule has 2 unspecified atom stereocenters. The van der Waals surface area contributed by atoms with Crippen LogP contribution in [0.15, 0.2) is 49.1 Å². The molecule has 5 nitrogen and oxygen atoms in total. The Labute approximate surface area is 131 Å². The summed E-state index contributed by atoms with van der Waals surface area (Å²) in [6.45, 7) is 5.10. The molecule has 118 valence electrons. The van der Waals surface area contributed by atoms with E-state index in [1.54, 1.807) is 19.4 Å². The first-order valence-corrected chi connectivity index (χ1v) is 7.48. The van der Waals surface area contributed by atoms with Crippen LogP contribution in [0.3, 0.4) is 0 Å². The SMILES string of the molecule is CC(CNC(=O)CC(C)(O)c1ccccc1)Cn1ccnc1. The number of hydrogen-bond acceptors (Lipinski definition) is 3. The molecule has 2 aromatic rings. The van der Waals surface area contributed by atoms with Crippen LogP contribution < -0.4 is 5.32 Å². The molecule has 0 saturated carbocycles. The number of aromatic nitrogens is 2. The number of carbonyl (C=O) groups excluding carboxylic acids is 1. The van der Waals surface area contributed by atoms with Crippen LogP contribution in [0.1, 0.15) is 25.8 Å². The first kappa shape index (κ1) is 16.2. The Bertz CT molecular complexity index is 579. The van der Waals surface area contributed by atoms with Gasteiger partial charge in [-0.15, -0.1) is 0 Å². The van der Waals surface area contributed by atoms with Crippen LogP contribution in [0.25, 0.3) is 0 Å². The maximum absolute atomic E-state index is 12.0. The fourth-order valence-corrected chi connectivity index (χ4v) is 2.38. The van der Waals surface area contributed by atoms with Gasteiger partial charge in [0.05, 0.1) is 18.3 Å². The second-order valence-corrected chi connectivity index (χ2v) is 5.99. The number of rotatable bonds is 7. The van der Waals surface area contributed by atoms with Crippen molar-refractivity contribution in [1.29, 1.82) is 0 Å². The number of imidazole rings is 1. The van der Waals surface area contributed by atoms with Crippen molar-refractivity contribution in [2.45, 2.75) is 32.4 Å². The molecular weight excluding hydrogens is 278 g/mol. The molecular formula is C17H23N3O2. The van der Waals surface area contributed by atoms with Crippen molar-refractivity contribution in [2.75, 3.05) is 6.54 Å². The minimum atomic E-state index is -1.15. The van der Waals surface area contributed by atoms with Crippen molar-refractivity contribution in [3.63, 3.8) is 0 Å². The summed E-state index contributed by atoms with van der Waals surface area (Å²) in [5.74, 6) is 0.145. The number of nitrogens with zero attached hydrogens (tertiary/aromatic N) is 2. The van der Waals surface area contributed by atoms with Gasteiger partial charge in [0.15, 0.2) is 0 Å². The summed E-state index contributed by atoms with van der Waals surface area (Å²) < 4.78 is 1.98. The Morgan fingerprint density at radius 1 is 1.41 bits per heavy atom. The third-order valence-electron chi connectivity index (χ3n) is 3.63. The highest BCUT2D eigenvalue weighted by Gasteiger charge is 2.26. The van der Waals surface area contributed by atoms with Crippen molar-refractivity contribution in [3.05, 3.63) is 54.6 Å². The van der Waals surface area contributed by atoms with E-state index in [0.717, 1.165) is 12.1 Å². The van der Waals surface area contributed by atoms with Gasteiger partial charge >= 0.3 is 0 Å². The molecule has 0 fully saturated rings. The molecule has 2 rings (SSSR count). The molecule has 2 atom stereocenters. The average molecular weight is 301 g/mol. The minimum Gasteiger partial charge on any atom is -0.385 e. The van der Waals surface area contributed by atoms with Crippen LogP contribution in [-0.4, -0.2) is 27.1 Å². The van der Waals surface area contributed by atoms with Gasteiger partial charge in [-0.1, -0.05) is 37.3 Å². The zero-order valence-corrected chi connectivity index (χ0v) is 13.1. The Hall–Kier alpha value is -2.14. The van der Waals surface area contributed by atoms with Crippen molar-refractivity contribution >= 4 is 5.91 Å². The fourth-order valence-electron chi connectivity index (χ4n) is 2.38. The van der Waals surface area contributed by atoms with Crippen LogP contribution in [0, 0.1) is 5.92 Å². The van der Waals surface area contributed by atoms with Crippen LogP contribution >= 0.6 is 0 Å². The Morgan fingerprint density at radius 2 is 2.14 bits per heavy atom. The van der Waals surface area contributed by atoms with Gasteiger partial charge in [0.25, 0.3) is 0 Å². The summed E-state index contributed by atoms with van der Waals surface area (Å²) in [6.07, 6.45) is 5.45. The first-order chi connectivity index (χ1) is 10.5. The monoisotopic (exact) mass is 301 g/mol. The molecule has 1 heterocycles. The summed E-state index contributed by atoms with van der Waals surface area (Å²) in [7, 11) is 0. The smallest absolute Gasteiger partial charge is 0.223 e. The minimum absolute atomic E-state index is 0.0504. The van der Waals surface area contributed by atoms with Gasteiger partial charge in [0.1, 0.15) is 0 Å². The third kappa shape index (κ3) is 4.70. The number of carbonyl (C=O) groups is 1. The molecule has 5 heteroatoms. The largest absolute Gasteiger partial charge is 0.385 e. The first-order valence-electron chi connectivity index (χ1n) is 7.48. The van der Waals surface area contributed by atoms with Gasteiger partial charge < -0.3 is 15.0 Å². The Kier molecular flexibility index (Phi) is 5.33. The van der Waals surface area contributed by atoms with Crippen molar-refractivity contribution in [2.24, 2.45) is 5.92 Å². The van der Waals surface area contributed by atoms with Gasteiger partial charge in [-0.25, -0.2) is 4.98 Å². The maximum Gasteiger partial charge on any atom is 0.223 e. The summed E-state index contributed by atoms with van der Waals surface area (Å²) in [6, 6.07) is 9.26. The molecule has 1 amide bonds. The highest BCUT2D eigenvalue weighted by atomic mass is 16.3. The maximum atomic E-state index is 12.0. The third-order valence-corrected chi connectivity index (χ3v) is 3.63. The standard InChI is InChI=1S/C17H23N3O2/c1-14(12-20-9-8-18-13-20)11-19-16(21)10-17(2,22)15-6-4-3-5-7-15/h3-9,13-14,22H,10-12H2,1-2H3,(H,19,21). The van der Waals surface area contributed by atoms with E-state index in [9.17, 15) is 9.90 Å². The van der Waals surface area contributed by atoms with Gasteiger partial charge in [-0.3, -0.25) is 4.79 Å². The lowest BCUT2D eigenvalue weighted by Crippen LogP contribution is -2.35. The molecule has 1 aromatic heterocycles. The Morgan fingerprint density at radius 3 is 2.77 bits per heavy atom. The molecule has 0 aliphatic heterocycles. The second-order valence-electron chi connectivity index (χ2n) is 5.99. The Balaban J connectivity index is 1.80. The van der Waals surface area contributed by atoms with E-state index in [4.69, 9.17) is 0 Å². The van der Waals surface area contributed by atoms with Gasteiger partial charge in [0.2, 0.25) is 5.91 Å². The zero-order valence-electron chi connectivity index (χ0n) is 13.1. The van der Waals surface area contributed by atoms with E-state index in [-0.39, 0.29) is 12.3 Å². The highest BCUT2D eigenvalue weighted by Crippen LogP contribution is 2.23. The summed E-state index contributed by atoms with van der Waals surface area (Å²) in [5.41, 5.74) is -0.407. The molecule has 0 radical (unpaired) electrons. The van der Waals surface area contributed by atoms with E-state index in [1.807, 2.05) is 41.1 Å². The lowest BCUT2D eigenvalue weighted by Gasteiger charge is -2.23. The lowest BCUT2D eigenvalue weighted by atomic mass is 9.92. The van der Waals surface area contributed by atoms with Crippen molar-refractivity contribution < 1.29 is 9.90 Å². The number of aliphatic hydroxyl groups is 1. The van der Waals surface area contributed by atoms with Crippen LogP contribution in [0.4, 0.5) is 0 Å². The molecule has 1 aromatic carbocycles. The van der Waals surface area contributed by atoms with Gasteiger partial charge in [-0.05, 0) is 18.4 Å². The second kappa shape index (κ2) is 7.22. The molecule has 22 heavy (non-hydrogen) atoms. The summed E-state index contributed by atoms with van der Waals surface area (Å²) in [4.78, 5) is 16.0. The number of nitrogens with one attached hydrogen (secondary N) is 1. The predicted molar refractivity (Wildman–Crippen MR) is 85.0 cm³/mol.